The van der Waals surface area contributed by atoms with Gasteiger partial charge < -0.3 is 4.74 Å². The zero-order valence-corrected chi connectivity index (χ0v) is 8.23. The molecular weight excluding hydrogens is 178 g/mol. The van der Waals surface area contributed by atoms with Crippen molar-refractivity contribution >= 4 is 18.4 Å². The van der Waals surface area contributed by atoms with Crippen LogP contribution in [-0.2, 0) is 9.53 Å². The van der Waals surface area contributed by atoms with Crippen molar-refractivity contribution in [3.05, 3.63) is 0 Å². The van der Waals surface area contributed by atoms with Gasteiger partial charge in [-0.15, -0.1) is 12.4 Å². The van der Waals surface area contributed by atoms with Crippen LogP contribution in [0.3, 0.4) is 0 Å². The molecule has 0 atom stereocenters. The molecule has 0 unspecified atom stereocenters. The molecule has 0 amide bonds. The summed E-state index contributed by atoms with van der Waals surface area (Å²) in [6.45, 7) is 4.92. The van der Waals surface area contributed by atoms with E-state index >= 15 is 0 Å². The number of ether oxygens (including phenoxy) is 1. The lowest BCUT2D eigenvalue weighted by atomic mass is 10.4. The van der Waals surface area contributed by atoms with E-state index in [9.17, 15) is 4.79 Å². The summed E-state index contributed by atoms with van der Waals surface area (Å²) in [5.74, 6) is -0.0885. The Morgan fingerprint density at radius 3 is 2.50 bits per heavy atom. The molecule has 1 aliphatic rings. The SMILES string of the molecule is CCOC(=O)CN1CCCC1.Cl. The highest BCUT2D eigenvalue weighted by atomic mass is 35.5. The maximum absolute atomic E-state index is 10.9. The van der Waals surface area contributed by atoms with Gasteiger partial charge in [-0.3, -0.25) is 9.69 Å². The third-order valence-electron chi connectivity index (χ3n) is 1.86. The number of likely N-dealkylation sites (tertiary alicyclic amines) is 1. The van der Waals surface area contributed by atoms with Gasteiger partial charge >= 0.3 is 5.97 Å². The van der Waals surface area contributed by atoms with Gasteiger partial charge in [-0.1, -0.05) is 0 Å². The third kappa shape index (κ3) is 3.93. The molecule has 1 heterocycles. The fourth-order valence-corrected chi connectivity index (χ4v) is 1.33. The second-order valence-electron chi connectivity index (χ2n) is 2.79. The zero-order valence-electron chi connectivity index (χ0n) is 7.41. The van der Waals surface area contributed by atoms with E-state index in [1.165, 1.54) is 12.8 Å². The highest BCUT2D eigenvalue weighted by molar-refractivity contribution is 5.85. The molecule has 3 nitrogen and oxygen atoms in total. The topological polar surface area (TPSA) is 29.5 Å². The van der Waals surface area contributed by atoms with E-state index in [2.05, 4.69) is 4.90 Å². The number of carbonyl (C=O) groups is 1. The molecule has 0 bridgehead atoms. The van der Waals surface area contributed by atoms with E-state index in [4.69, 9.17) is 4.74 Å². The first-order chi connectivity index (χ1) is 5.33. The molecule has 0 spiro atoms. The molecule has 0 radical (unpaired) electrons. The first-order valence-corrected chi connectivity index (χ1v) is 4.21. The van der Waals surface area contributed by atoms with Gasteiger partial charge in [-0.2, -0.15) is 0 Å². The molecule has 0 saturated carbocycles. The summed E-state index contributed by atoms with van der Waals surface area (Å²) < 4.78 is 4.82. The lowest BCUT2D eigenvalue weighted by Gasteiger charge is -2.12. The Morgan fingerprint density at radius 2 is 2.00 bits per heavy atom. The number of esters is 1. The monoisotopic (exact) mass is 193 g/mol. The number of nitrogens with zero attached hydrogens (tertiary/aromatic N) is 1. The summed E-state index contributed by atoms with van der Waals surface area (Å²) in [4.78, 5) is 13.1. The molecule has 0 aromatic carbocycles. The van der Waals surface area contributed by atoms with Crippen molar-refractivity contribution < 1.29 is 9.53 Å². The molecule has 1 rings (SSSR count). The van der Waals surface area contributed by atoms with Crippen LogP contribution in [0.2, 0.25) is 0 Å². The summed E-state index contributed by atoms with van der Waals surface area (Å²) in [7, 11) is 0. The largest absolute Gasteiger partial charge is 0.465 e. The first kappa shape index (κ1) is 11.7. The molecule has 0 aliphatic carbocycles. The van der Waals surface area contributed by atoms with Crippen LogP contribution in [-0.4, -0.2) is 37.1 Å². The van der Waals surface area contributed by atoms with Crippen LogP contribution in [0.5, 0.6) is 0 Å². The maximum atomic E-state index is 10.9. The number of carbonyl (C=O) groups excluding carboxylic acids is 1. The minimum Gasteiger partial charge on any atom is -0.465 e. The average molecular weight is 194 g/mol. The molecule has 0 aromatic rings. The summed E-state index contributed by atoms with van der Waals surface area (Å²) in [5, 5.41) is 0. The van der Waals surface area contributed by atoms with E-state index in [-0.39, 0.29) is 18.4 Å². The van der Waals surface area contributed by atoms with Crippen LogP contribution in [0, 0.1) is 0 Å². The normalized spacial score (nSPS) is 17.1. The van der Waals surface area contributed by atoms with E-state index in [0.29, 0.717) is 13.2 Å². The smallest absolute Gasteiger partial charge is 0.320 e. The van der Waals surface area contributed by atoms with Crippen LogP contribution in [0.4, 0.5) is 0 Å². The molecular formula is C8H16ClNO2. The van der Waals surface area contributed by atoms with Crippen LogP contribution in [0.15, 0.2) is 0 Å². The fourth-order valence-electron chi connectivity index (χ4n) is 1.33. The highest BCUT2D eigenvalue weighted by Crippen LogP contribution is 2.06. The highest BCUT2D eigenvalue weighted by Gasteiger charge is 2.14. The van der Waals surface area contributed by atoms with Gasteiger partial charge in [0.15, 0.2) is 0 Å². The molecule has 4 heteroatoms. The minimum atomic E-state index is -0.0885. The summed E-state index contributed by atoms with van der Waals surface area (Å²) in [5.41, 5.74) is 0. The number of rotatable bonds is 3. The zero-order chi connectivity index (χ0) is 8.10. The van der Waals surface area contributed by atoms with E-state index in [1.54, 1.807) is 0 Å². The summed E-state index contributed by atoms with van der Waals surface area (Å²) in [6.07, 6.45) is 2.44. The van der Waals surface area contributed by atoms with Gasteiger partial charge in [-0.05, 0) is 32.9 Å². The summed E-state index contributed by atoms with van der Waals surface area (Å²) in [6, 6.07) is 0. The maximum Gasteiger partial charge on any atom is 0.320 e. The van der Waals surface area contributed by atoms with Crippen LogP contribution in [0.25, 0.3) is 0 Å². The fraction of sp³-hybridized carbons (Fsp3) is 0.875. The van der Waals surface area contributed by atoms with Crippen molar-refractivity contribution in [1.29, 1.82) is 0 Å². The van der Waals surface area contributed by atoms with Crippen LogP contribution < -0.4 is 0 Å². The molecule has 72 valence electrons. The Morgan fingerprint density at radius 1 is 1.42 bits per heavy atom. The predicted octanol–water partition coefficient (Wildman–Crippen LogP) is 1.07. The van der Waals surface area contributed by atoms with Gasteiger partial charge in [0.25, 0.3) is 0 Å². The number of hydrogen-bond acceptors (Lipinski definition) is 3. The second-order valence-corrected chi connectivity index (χ2v) is 2.79. The molecule has 0 aromatic heterocycles. The van der Waals surface area contributed by atoms with Gasteiger partial charge in [-0.25, -0.2) is 0 Å². The van der Waals surface area contributed by atoms with Crippen molar-refractivity contribution in [2.45, 2.75) is 19.8 Å². The lowest BCUT2D eigenvalue weighted by molar-refractivity contribution is -0.144. The minimum absolute atomic E-state index is 0. The van der Waals surface area contributed by atoms with Crippen molar-refractivity contribution in [3.63, 3.8) is 0 Å². The first-order valence-electron chi connectivity index (χ1n) is 4.21. The molecule has 1 saturated heterocycles. The van der Waals surface area contributed by atoms with E-state index < -0.39 is 0 Å². The van der Waals surface area contributed by atoms with Gasteiger partial charge in [0, 0.05) is 0 Å². The Labute approximate surface area is 79.5 Å². The van der Waals surface area contributed by atoms with Gasteiger partial charge in [0.2, 0.25) is 0 Å². The van der Waals surface area contributed by atoms with E-state index in [1.807, 2.05) is 6.92 Å². The van der Waals surface area contributed by atoms with Crippen molar-refractivity contribution in [2.24, 2.45) is 0 Å². The number of hydrogen-bond donors (Lipinski definition) is 0. The Balaban J connectivity index is 0.00000121. The molecule has 1 fully saturated rings. The van der Waals surface area contributed by atoms with Gasteiger partial charge in [0.1, 0.15) is 0 Å². The lowest BCUT2D eigenvalue weighted by Crippen LogP contribution is -2.28. The van der Waals surface area contributed by atoms with Crippen molar-refractivity contribution in [3.8, 4) is 0 Å². The second kappa shape index (κ2) is 6.26. The standard InChI is InChI=1S/C8H15NO2.ClH/c1-2-11-8(10)7-9-5-3-4-6-9;/h2-7H2,1H3;1H. The van der Waals surface area contributed by atoms with Crippen molar-refractivity contribution in [2.75, 3.05) is 26.2 Å². The molecule has 1 aliphatic heterocycles. The predicted molar refractivity (Wildman–Crippen MR) is 49.6 cm³/mol. The summed E-state index contributed by atoms with van der Waals surface area (Å²) >= 11 is 0. The third-order valence-corrected chi connectivity index (χ3v) is 1.86. The van der Waals surface area contributed by atoms with E-state index in [0.717, 1.165) is 13.1 Å². The number of halogens is 1. The van der Waals surface area contributed by atoms with Gasteiger partial charge in [0.05, 0.1) is 13.2 Å². The average Bonchev–Trinajstić information content (AvgIpc) is 2.40. The van der Waals surface area contributed by atoms with Crippen LogP contribution in [0.1, 0.15) is 19.8 Å². The van der Waals surface area contributed by atoms with Crippen molar-refractivity contribution in [1.82, 2.24) is 4.90 Å². The molecule has 12 heavy (non-hydrogen) atoms. The Hall–Kier alpha value is -0.280. The Bertz CT molecular complexity index is 135. The quantitative estimate of drug-likeness (QED) is 0.628. The molecule has 0 N–H and O–H groups in total. The Kier molecular flexibility index (Phi) is 6.11. The van der Waals surface area contributed by atoms with Crippen LogP contribution >= 0.6 is 12.4 Å².